The Bertz CT molecular complexity index is 985. The van der Waals surface area contributed by atoms with E-state index in [-0.39, 0.29) is 11.8 Å². The van der Waals surface area contributed by atoms with Crippen LogP contribution in [0.2, 0.25) is 0 Å². The summed E-state index contributed by atoms with van der Waals surface area (Å²) in [6.45, 7) is 3.02. The molecule has 0 radical (unpaired) electrons. The number of carbonyl (C=O) groups excluding carboxylic acids is 1. The van der Waals surface area contributed by atoms with E-state index < -0.39 is 0 Å². The van der Waals surface area contributed by atoms with Crippen LogP contribution in [0.4, 0.5) is 11.5 Å². The van der Waals surface area contributed by atoms with Crippen LogP contribution in [0.15, 0.2) is 36.4 Å². The minimum atomic E-state index is 0.129. The summed E-state index contributed by atoms with van der Waals surface area (Å²) in [5, 5.41) is 19.4. The Labute approximate surface area is 201 Å². The first kappa shape index (κ1) is 22.0. The SMILES string of the molecule is O=C(Nc1ccc(-c2ccc(N[C@H]3C[C@@H]4CN[C@@H](CC5CCOCC5)[C@H]4C3)nn2)cc1)C1CC1. The van der Waals surface area contributed by atoms with Gasteiger partial charge in [0, 0.05) is 42.5 Å². The largest absolute Gasteiger partial charge is 0.381 e. The highest BCUT2D eigenvalue weighted by molar-refractivity contribution is 5.94. The molecule has 6 rings (SSSR count). The van der Waals surface area contributed by atoms with Crippen LogP contribution < -0.4 is 16.0 Å². The van der Waals surface area contributed by atoms with Crippen molar-refractivity contribution < 1.29 is 9.53 Å². The summed E-state index contributed by atoms with van der Waals surface area (Å²) in [7, 11) is 0. The molecule has 2 aliphatic carbocycles. The highest BCUT2D eigenvalue weighted by Gasteiger charge is 2.43. The third-order valence-electron chi connectivity index (χ3n) is 8.25. The molecule has 2 saturated carbocycles. The molecule has 2 aliphatic heterocycles. The van der Waals surface area contributed by atoms with Gasteiger partial charge in [0.15, 0.2) is 0 Å². The van der Waals surface area contributed by atoms with Crippen molar-refractivity contribution in [1.82, 2.24) is 15.5 Å². The molecule has 7 nitrogen and oxygen atoms in total. The first-order valence-electron chi connectivity index (χ1n) is 13.0. The lowest BCUT2D eigenvalue weighted by atomic mass is 9.85. The maximum absolute atomic E-state index is 11.9. The van der Waals surface area contributed by atoms with Gasteiger partial charge in [0.1, 0.15) is 5.82 Å². The lowest BCUT2D eigenvalue weighted by Crippen LogP contribution is -2.33. The van der Waals surface area contributed by atoms with Crippen LogP contribution in [0.1, 0.15) is 44.9 Å². The Morgan fingerprint density at radius 3 is 2.56 bits per heavy atom. The number of fused-ring (bicyclic) bond motifs is 1. The Morgan fingerprint density at radius 1 is 1.00 bits per heavy atom. The summed E-state index contributed by atoms with van der Waals surface area (Å²) in [4.78, 5) is 11.9. The molecule has 1 aromatic carbocycles. The molecule has 0 spiro atoms. The quantitative estimate of drug-likeness (QED) is 0.576. The smallest absolute Gasteiger partial charge is 0.227 e. The van der Waals surface area contributed by atoms with Crippen molar-refractivity contribution in [3.63, 3.8) is 0 Å². The van der Waals surface area contributed by atoms with Gasteiger partial charge in [-0.2, -0.15) is 0 Å². The molecule has 2 saturated heterocycles. The molecule has 34 heavy (non-hydrogen) atoms. The Hall–Kier alpha value is -2.51. The Kier molecular flexibility index (Phi) is 6.22. The zero-order valence-electron chi connectivity index (χ0n) is 19.7. The number of nitrogens with one attached hydrogen (secondary N) is 3. The van der Waals surface area contributed by atoms with Crippen molar-refractivity contribution in [1.29, 1.82) is 0 Å². The van der Waals surface area contributed by atoms with E-state index >= 15 is 0 Å². The highest BCUT2D eigenvalue weighted by atomic mass is 16.5. The number of aromatic nitrogens is 2. The summed E-state index contributed by atoms with van der Waals surface area (Å²) < 4.78 is 5.54. The van der Waals surface area contributed by atoms with Gasteiger partial charge < -0.3 is 20.7 Å². The van der Waals surface area contributed by atoms with Gasteiger partial charge in [-0.15, -0.1) is 10.2 Å². The molecule has 2 aromatic rings. The second-order valence-electron chi connectivity index (χ2n) is 10.7. The van der Waals surface area contributed by atoms with Gasteiger partial charge >= 0.3 is 0 Å². The fraction of sp³-hybridized carbons (Fsp3) is 0.593. The molecule has 4 aliphatic rings. The topological polar surface area (TPSA) is 88.2 Å². The number of rotatable bonds is 7. The third-order valence-corrected chi connectivity index (χ3v) is 8.25. The average molecular weight is 462 g/mol. The first-order valence-corrected chi connectivity index (χ1v) is 13.0. The molecule has 3 N–H and O–H groups in total. The lowest BCUT2D eigenvalue weighted by Gasteiger charge is -2.27. The maximum atomic E-state index is 11.9. The minimum Gasteiger partial charge on any atom is -0.381 e. The summed E-state index contributed by atoms with van der Waals surface area (Å²) in [6, 6.07) is 13.0. The van der Waals surface area contributed by atoms with Crippen molar-refractivity contribution in [2.24, 2.45) is 23.7 Å². The van der Waals surface area contributed by atoms with E-state index in [1.807, 2.05) is 36.4 Å². The molecule has 0 unspecified atom stereocenters. The number of nitrogens with zero attached hydrogens (tertiary/aromatic N) is 2. The molecular formula is C27H35N5O2. The van der Waals surface area contributed by atoms with Crippen molar-refractivity contribution in [2.75, 3.05) is 30.4 Å². The van der Waals surface area contributed by atoms with Gasteiger partial charge in [0.05, 0.1) is 5.69 Å². The molecule has 0 bridgehead atoms. The predicted molar refractivity (Wildman–Crippen MR) is 132 cm³/mol. The normalized spacial score (nSPS) is 29.1. The van der Waals surface area contributed by atoms with Crippen LogP contribution in [0, 0.1) is 23.7 Å². The number of carbonyl (C=O) groups is 1. The van der Waals surface area contributed by atoms with E-state index in [0.29, 0.717) is 12.1 Å². The van der Waals surface area contributed by atoms with Gasteiger partial charge in [0.2, 0.25) is 5.91 Å². The van der Waals surface area contributed by atoms with E-state index in [0.717, 1.165) is 73.1 Å². The zero-order valence-corrected chi connectivity index (χ0v) is 19.7. The van der Waals surface area contributed by atoms with Gasteiger partial charge in [-0.3, -0.25) is 4.79 Å². The van der Waals surface area contributed by atoms with Crippen molar-refractivity contribution in [2.45, 2.75) is 57.0 Å². The molecule has 7 heteroatoms. The standard InChI is InChI=1S/C27H35N5O2/c33-27(19-1-2-19)30-21-5-3-18(4-6-21)24-7-8-26(32-31-24)29-22-14-20-16-28-25(23(20)15-22)13-17-9-11-34-12-10-17/h3-8,17,19-20,22-23,25,28H,1-2,9-16H2,(H,29,32)(H,30,33)/t20-,22+,23+,25+/m1/s1. The Balaban J connectivity index is 1.02. The minimum absolute atomic E-state index is 0.129. The second kappa shape index (κ2) is 9.62. The summed E-state index contributed by atoms with van der Waals surface area (Å²) >= 11 is 0. The van der Waals surface area contributed by atoms with E-state index in [4.69, 9.17) is 4.74 Å². The number of ether oxygens (including phenoxy) is 1. The summed E-state index contributed by atoms with van der Waals surface area (Å²) in [6.07, 6.45) is 8.18. The lowest BCUT2D eigenvalue weighted by molar-refractivity contribution is -0.117. The highest BCUT2D eigenvalue weighted by Crippen LogP contribution is 2.41. The average Bonchev–Trinajstić information content (AvgIpc) is 3.56. The molecular weight excluding hydrogens is 426 g/mol. The molecule has 1 aromatic heterocycles. The molecule has 4 atom stereocenters. The fourth-order valence-corrected chi connectivity index (χ4v) is 6.14. The van der Waals surface area contributed by atoms with E-state index in [9.17, 15) is 4.79 Å². The zero-order chi connectivity index (χ0) is 22.9. The van der Waals surface area contributed by atoms with Crippen LogP contribution >= 0.6 is 0 Å². The van der Waals surface area contributed by atoms with Gasteiger partial charge in [-0.05, 0) is 93.5 Å². The first-order chi connectivity index (χ1) is 16.7. The van der Waals surface area contributed by atoms with Gasteiger partial charge in [0.25, 0.3) is 0 Å². The van der Waals surface area contributed by atoms with Crippen LogP contribution in [-0.4, -0.2) is 47.9 Å². The third kappa shape index (κ3) is 4.96. The summed E-state index contributed by atoms with van der Waals surface area (Å²) in [5.41, 5.74) is 2.68. The second-order valence-corrected chi connectivity index (χ2v) is 10.7. The monoisotopic (exact) mass is 461 g/mol. The number of amides is 1. The maximum Gasteiger partial charge on any atom is 0.227 e. The van der Waals surface area contributed by atoms with Crippen molar-refractivity contribution in [3.8, 4) is 11.3 Å². The van der Waals surface area contributed by atoms with Crippen LogP contribution in [0.3, 0.4) is 0 Å². The van der Waals surface area contributed by atoms with E-state index in [2.05, 4.69) is 26.1 Å². The Morgan fingerprint density at radius 2 is 1.82 bits per heavy atom. The number of anilines is 2. The number of benzene rings is 1. The van der Waals surface area contributed by atoms with E-state index in [1.165, 1.54) is 32.1 Å². The number of hydrogen-bond donors (Lipinski definition) is 3. The van der Waals surface area contributed by atoms with Crippen LogP contribution in [-0.2, 0) is 9.53 Å². The van der Waals surface area contributed by atoms with Gasteiger partial charge in [-0.1, -0.05) is 12.1 Å². The number of hydrogen-bond acceptors (Lipinski definition) is 6. The van der Waals surface area contributed by atoms with E-state index in [1.54, 1.807) is 0 Å². The van der Waals surface area contributed by atoms with Gasteiger partial charge in [-0.25, -0.2) is 0 Å². The fourth-order valence-electron chi connectivity index (χ4n) is 6.14. The summed E-state index contributed by atoms with van der Waals surface area (Å²) in [5.74, 6) is 3.55. The molecule has 1 amide bonds. The van der Waals surface area contributed by atoms with Crippen molar-refractivity contribution in [3.05, 3.63) is 36.4 Å². The van der Waals surface area contributed by atoms with Crippen molar-refractivity contribution >= 4 is 17.4 Å². The van der Waals surface area contributed by atoms with Crippen LogP contribution in [0.25, 0.3) is 11.3 Å². The van der Waals surface area contributed by atoms with Crippen LogP contribution in [0.5, 0.6) is 0 Å². The molecule has 180 valence electrons. The molecule has 3 heterocycles. The predicted octanol–water partition coefficient (Wildman–Crippen LogP) is 4.09. The molecule has 4 fully saturated rings.